The number of phenolic OH excluding ortho intramolecular Hbond substituents is 1. The average Bonchev–Trinajstić information content (AvgIpc) is 2.57. The lowest BCUT2D eigenvalue weighted by Gasteiger charge is -2.14. The first-order chi connectivity index (χ1) is 12.3. The predicted octanol–water partition coefficient (Wildman–Crippen LogP) is 0.817. The molecule has 2 aromatic rings. The number of hydrogen-bond acceptors (Lipinski definition) is 6. The van der Waals surface area contributed by atoms with Gasteiger partial charge in [-0.15, -0.1) is 0 Å². The summed E-state index contributed by atoms with van der Waals surface area (Å²) < 4.78 is 24.6. The molecule has 0 spiro atoms. The number of aromatic hydroxyl groups is 1. The lowest BCUT2D eigenvalue weighted by atomic mass is 10.2. The Morgan fingerprint density at radius 1 is 1.23 bits per heavy atom. The number of halogens is 1. The summed E-state index contributed by atoms with van der Waals surface area (Å²) in [7, 11) is 0. The number of carbonyl (C=O) groups is 1. The third-order valence-corrected chi connectivity index (χ3v) is 3.20. The van der Waals surface area contributed by atoms with E-state index < -0.39 is 29.5 Å². The highest BCUT2D eigenvalue weighted by Crippen LogP contribution is 2.39. The van der Waals surface area contributed by atoms with Crippen LogP contribution in [0, 0.1) is 5.82 Å². The Labute approximate surface area is 147 Å². The van der Waals surface area contributed by atoms with Crippen LogP contribution in [0.15, 0.2) is 27.9 Å². The standard InChI is InChI=1S/C16H18FN3O6/c1-3-25-11-5-9(6-12(14(11)22)26-4-2)18-13(21)8-20-7-10(17)15(23)19-16(20)24/h5-7,22H,3-4,8H2,1-2H3,(H,18,21)(H,19,23,24). The van der Waals surface area contributed by atoms with Crippen LogP contribution in [0.2, 0.25) is 0 Å². The number of benzene rings is 1. The lowest BCUT2D eigenvalue weighted by molar-refractivity contribution is -0.116. The van der Waals surface area contributed by atoms with Crippen molar-refractivity contribution in [3.63, 3.8) is 0 Å². The third kappa shape index (κ3) is 4.41. The number of ether oxygens (including phenoxy) is 2. The van der Waals surface area contributed by atoms with Crippen LogP contribution in [0.5, 0.6) is 17.2 Å². The second-order valence-electron chi connectivity index (χ2n) is 5.10. The zero-order chi connectivity index (χ0) is 19.3. The monoisotopic (exact) mass is 367 g/mol. The minimum atomic E-state index is -1.18. The largest absolute Gasteiger partial charge is 0.502 e. The number of aromatic amines is 1. The number of hydrogen-bond donors (Lipinski definition) is 3. The molecule has 10 heteroatoms. The number of H-pyrrole nitrogens is 1. The summed E-state index contributed by atoms with van der Waals surface area (Å²) in [5.41, 5.74) is -1.83. The summed E-state index contributed by atoms with van der Waals surface area (Å²) >= 11 is 0. The molecule has 0 fully saturated rings. The van der Waals surface area contributed by atoms with Gasteiger partial charge in [0, 0.05) is 17.8 Å². The van der Waals surface area contributed by atoms with E-state index in [0.29, 0.717) is 6.20 Å². The number of rotatable bonds is 7. The first-order valence-electron chi connectivity index (χ1n) is 7.77. The Balaban J connectivity index is 2.24. The van der Waals surface area contributed by atoms with Crippen LogP contribution in [-0.2, 0) is 11.3 Å². The summed E-state index contributed by atoms with van der Waals surface area (Å²) in [6.07, 6.45) is 0.648. The van der Waals surface area contributed by atoms with E-state index in [1.54, 1.807) is 18.8 Å². The van der Waals surface area contributed by atoms with Gasteiger partial charge >= 0.3 is 5.69 Å². The highest BCUT2D eigenvalue weighted by Gasteiger charge is 2.15. The number of amides is 1. The third-order valence-electron chi connectivity index (χ3n) is 3.20. The van der Waals surface area contributed by atoms with Crippen molar-refractivity contribution in [2.75, 3.05) is 18.5 Å². The summed E-state index contributed by atoms with van der Waals surface area (Å²) in [6.45, 7) is 3.48. The predicted molar refractivity (Wildman–Crippen MR) is 90.4 cm³/mol. The topological polar surface area (TPSA) is 123 Å². The molecular weight excluding hydrogens is 349 g/mol. The summed E-state index contributed by atoms with van der Waals surface area (Å²) in [6, 6.07) is 2.77. The first-order valence-corrected chi connectivity index (χ1v) is 7.77. The molecule has 0 unspecified atom stereocenters. The Kier molecular flexibility index (Phi) is 5.99. The molecule has 1 amide bonds. The van der Waals surface area contributed by atoms with E-state index in [2.05, 4.69) is 5.32 Å². The maximum atomic E-state index is 13.3. The van der Waals surface area contributed by atoms with Crippen LogP contribution in [0.3, 0.4) is 0 Å². The number of carbonyl (C=O) groups excluding carboxylic acids is 1. The minimum absolute atomic E-state index is 0.112. The molecule has 9 nitrogen and oxygen atoms in total. The molecule has 140 valence electrons. The number of nitrogens with zero attached hydrogens (tertiary/aromatic N) is 1. The molecule has 0 atom stereocenters. The van der Waals surface area contributed by atoms with Gasteiger partial charge in [-0.25, -0.2) is 4.79 Å². The van der Waals surface area contributed by atoms with Gasteiger partial charge in [-0.1, -0.05) is 0 Å². The van der Waals surface area contributed by atoms with Crippen LogP contribution in [0.1, 0.15) is 13.8 Å². The van der Waals surface area contributed by atoms with Gasteiger partial charge in [0.15, 0.2) is 11.5 Å². The number of aromatic nitrogens is 2. The second kappa shape index (κ2) is 8.19. The van der Waals surface area contributed by atoms with E-state index >= 15 is 0 Å². The van der Waals surface area contributed by atoms with Gasteiger partial charge in [0.05, 0.1) is 19.4 Å². The number of anilines is 1. The van der Waals surface area contributed by atoms with Crippen molar-refractivity contribution in [3.8, 4) is 17.2 Å². The maximum Gasteiger partial charge on any atom is 0.328 e. The molecule has 0 bridgehead atoms. The molecule has 0 saturated heterocycles. The van der Waals surface area contributed by atoms with E-state index in [0.717, 1.165) is 4.57 Å². The molecule has 26 heavy (non-hydrogen) atoms. The summed E-state index contributed by atoms with van der Waals surface area (Å²) in [5.74, 6) is -1.82. The zero-order valence-electron chi connectivity index (χ0n) is 14.2. The Hall–Kier alpha value is -3.30. The Bertz CT molecular complexity index is 894. The zero-order valence-corrected chi connectivity index (χ0v) is 14.2. The van der Waals surface area contributed by atoms with Gasteiger partial charge < -0.3 is 19.9 Å². The fraction of sp³-hybridized carbons (Fsp3) is 0.312. The molecule has 0 saturated carbocycles. The van der Waals surface area contributed by atoms with E-state index in [1.807, 2.05) is 0 Å². The molecule has 1 aromatic carbocycles. The van der Waals surface area contributed by atoms with Gasteiger partial charge in [0.25, 0.3) is 5.56 Å². The van der Waals surface area contributed by atoms with Gasteiger partial charge in [-0.2, -0.15) is 4.39 Å². The highest BCUT2D eigenvalue weighted by atomic mass is 19.1. The fourth-order valence-corrected chi connectivity index (χ4v) is 2.14. The van der Waals surface area contributed by atoms with Crippen LogP contribution in [0.4, 0.5) is 10.1 Å². The van der Waals surface area contributed by atoms with E-state index in [9.17, 15) is 23.9 Å². The molecule has 1 aromatic heterocycles. The van der Waals surface area contributed by atoms with Gasteiger partial charge in [0.2, 0.25) is 17.5 Å². The van der Waals surface area contributed by atoms with Crippen molar-refractivity contribution in [3.05, 3.63) is 45.0 Å². The van der Waals surface area contributed by atoms with Crippen LogP contribution < -0.4 is 26.0 Å². The first kappa shape index (κ1) is 19.0. The SMILES string of the molecule is CCOc1cc(NC(=O)Cn2cc(F)c(=O)[nH]c2=O)cc(OCC)c1O. The van der Waals surface area contributed by atoms with Crippen molar-refractivity contribution in [2.45, 2.75) is 20.4 Å². The van der Waals surface area contributed by atoms with E-state index in [1.165, 1.54) is 12.1 Å². The molecule has 0 aliphatic rings. The van der Waals surface area contributed by atoms with Crippen molar-refractivity contribution in [2.24, 2.45) is 0 Å². The average molecular weight is 367 g/mol. The second-order valence-corrected chi connectivity index (χ2v) is 5.10. The lowest BCUT2D eigenvalue weighted by Crippen LogP contribution is -2.34. The summed E-state index contributed by atoms with van der Waals surface area (Å²) in [4.78, 5) is 36.5. The van der Waals surface area contributed by atoms with Crippen molar-refractivity contribution in [1.82, 2.24) is 9.55 Å². The van der Waals surface area contributed by atoms with Crippen molar-refractivity contribution >= 4 is 11.6 Å². The summed E-state index contributed by atoms with van der Waals surface area (Å²) in [5, 5.41) is 12.5. The molecule has 3 N–H and O–H groups in total. The van der Waals surface area contributed by atoms with E-state index in [4.69, 9.17) is 9.47 Å². The fourth-order valence-electron chi connectivity index (χ4n) is 2.14. The quantitative estimate of drug-likeness (QED) is 0.623. The molecule has 1 heterocycles. The molecule has 0 aliphatic carbocycles. The molecule has 2 rings (SSSR count). The Morgan fingerprint density at radius 3 is 2.35 bits per heavy atom. The molecular formula is C16H18FN3O6. The van der Waals surface area contributed by atoms with Gasteiger partial charge in [-0.05, 0) is 13.8 Å². The number of phenols is 1. The Morgan fingerprint density at radius 2 is 1.81 bits per heavy atom. The van der Waals surface area contributed by atoms with E-state index in [-0.39, 0.29) is 36.1 Å². The molecule has 0 aliphatic heterocycles. The van der Waals surface area contributed by atoms with Crippen molar-refractivity contribution < 1.29 is 23.8 Å². The number of nitrogens with one attached hydrogen (secondary N) is 2. The van der Waals surface area contributed by atoms with Gasteiger partial charge in [0.1, 0.15) is 6.54 Å². The van der Waals surface area contributed by atoms with Crippen LogP contribution >= 0.6 is 0 Å². The maximum absolute atomic E-state index is 13.3. The minimum Gasteiger partial charge on any atom is -0.502 e. The normalized spacial score (nSPS) is 10.4. The van der Waals surface area contributed by atoms with Crippen LogP contribution in [0.25, 0.3) is 0 Å². The highest BCUT2D eigenvalue weighted by molar-refractivity contribution is 5.91. The molecule has 0 radical (unpaired) electrons. The smallest absolute Gasteiger partial charge is 0.328 e. The van der Waals surface area contributed by atoms with Crippen LogP contribution in [-0.4, -0.2) is 33.8 Å². The van der Waals surface area contributed by atoms with Crippen molar-refractivity contribution in [1.29, 1.82) is 0 Å². The van der Waals surface area contributed by atoms with Gasteiger partial charge in [-0.3, -0.25) is 19.1 Å².